The normalized spacial score (nSPS) is 11.6. The van der Waals surface area contributed by atoms with Gasteiger partial charge in [-0.15, -0.1) is 0 Å². The number of hydrogen-bond donors (Lipinski definition) is 3. The number of urea groups is 1. The highest BCUT2D eigenvalue weighted by molar-refractivity contribution is 5.91. The number of carbonyl (C=O) groups excluding carboxylic acids is 2. The van der Waals surface area contributed by atoms with Gasteiger partial charge < -0.3 is 16.4 Å². The largest absolute Gasteiger partial charge is 0.352 e. The zero-order valence-corrected chi connectivity index (χ0v) is 14.5. The summed E-state index contributed by atoms with van der Waals surface area (Å²) < 4.78 is 0. The number of nitrogens with two attached hydrogens (primary N) is 1. The third-order valence-corrected chi connectivity index (χ3v) is 3.96. The molecule has 5 heteroatoms. The summed E-state index contributed by atoms with van der Waals surface area (Å²) in [5, 5.41) is 5.49. The second-order valence-electron chi connectivity index (χ2n) is 6.02. The lowest BCUT2D eigenvalue weighted by atomic mass is 10.0. The van der Waals surface area contributed by atoms with Crippen LogP contribution in [0.15, 0.2) is 54.6 Å². The highest BCUT2D eigenvalue weighted by Gasteiger charge is 2.17. The van der Waals surface area contributed by atoms with Crippen LogP contribution in [0.25, 0.3) is 0 Å². The van der Waals surface area contributed by atoms with Crippen molar-refractivity contribution in [2.75, 3.05) is 5.32 Å². The summed E-state index contributed by atoms with van der Waals surface area (Å²) in [6.45, 7) is 2.16. The van der Waals surface area contributed by atoms with Crippen LogP contribution >= 0.6 is 0 Å². The number of amides is 3. The van der Waals surface area contributed by atoms with Gasteiger partial charge in [0.2, 0.25) is 5.91 Å². The van der Waals surface area contributed by atoms with Crippen molar-refractivity contribution in [2.24, 2.45) is 5.73 Å². The summed E-state index contributed by atoms with van der Waals surface area (Å²) >= 11 is 0. The monoisotopic (exact) mass is 339 g/mol. The Morgan fingerprint density at radius 2 is 1.72 bits per heavy atom. The van der Waals surface area contributed by atoms with Gasteiger partial charge in [0.25, 0.3) is 0 Å². The minimum atomic E-state index is -0.651. The number of hydrogen-bond acceptors (Lipinski definition) is 2. The fraction of sp³-hybridized carbons (Fsp3) is 0.300. The average Bonchev–Trinajstić information content (AvgIpc) is 2.61. The van der Waals surface area contributed by atoms with Gasteiger partial charge in [0.15, 0.2) is 0 Å². The zero-order chi connectivity index (χ0) is 18.1. The van der Waals surface area contributed by atoms with Crippen LogP contribution < -0.4 is 16.4 Å². The van der Waals surface area contributed by atoms with E-state index in [0.717, 1.165) is 30.5 Å². The van der Waals surface area contributed by atoms with E-state index in [0.29, 0.717) is 0 Å². The molecule has 1 unspecified atom stereocenters. The molecule has 4 N–H and O–H groups in total. The van der Waals surface area contributed by atoms with Crippen molar-refractivity contribution in [2.45, 2.75) is 38.6 Å². The molecule has 0 bridgehead atoms. The number of aryl methyl sites for hydroxylation is 1. The van der Waals surface area contributed by atoms with Gasteiger partial charge in [-0.3, -0.25) is 4.79 Å². The molecule has 0 radical (unpaired) electrons. The summed E-state index contributed by atoms with van der Waals surface area (Å²) in [4.78, 5) is 23.6. The molecular formula is C20H25N3O2. The first-order valence-electron chi connectivity index (χ1n) is 8.58. The second-order valence-corrected chi connectivity index (χ2v) is 6.02. The molecule has 0 saturated heterocycles. The topological polar surface area (TPSA) is 84.2 Å². The predicted octanol–water partition coefficient (Wildman–Crippen LogP) is 3.77. The van der Waals surface area contributed by atoms with E-state index < -0.39 is 12.1 Å². The Balaban J connectivity index is 1.97. The number of unbranched alkanes of at least 4 members (excludes halogenated alkanes) is 1. The first kappa shape index (κ1) is 18.5. The van der Waals surface area contributed by atoms with E-state index in [-0.39, 0.29) is 12.3 Å². The Hall–Kier alpha value is -2.82. The quantitative estimate of drug-likeness (QED) is 0.684. The Morgan fingerprint density at radius 3 is 2.32 bits per heavy atom. The summed E-state index contributed by atoms with van der Waals surface area (Å²) in [7, 11) is 0. The summed E-state index contributed by atoms with van der Waals surface area (Å²) in [5.41, 5.74) is 8.08. The lowest BCUT2D eigenvalue weighted by Gasteiger charge is -2.17. The van der Waals surface area contributed by atoms with Gasteiger partial charge in [0.05, 0.1) is 12.5 Å². The molecule has 0 aliphatic rings. The van der Waals surface area contributed by atoms with E-state index in [2.05, 4.69) is 17.6 Å². The lowest BCUT2D eigenvalue weighted by Crippen LogP contribution is -2.35. The molecule has 2 aromatic carbocycles. The maximum atomic E-state index is 12.3. The number of benzene rings is 2. The molecule has 0 aliphatic carbocycles. The molecule has 0 saturated carbocycles. The molecule has 0 aliphatic heterocycles. The van der Waals surface area contributed by atoms with Crippen molar-refractivity contribution < 1.29 is 9.59 Å². The third-order valence-electron chi connectivity index (χ3n) is 3.96. The van der Waals surface area contributed by atoms with E-state index in [9.17, 15) is 9.59 Å². The van der Waals surface area contributed by atoms with E-state index in [1.165, 1.54) is 5.56 Å². The molecule has 0 aromatic heterocycles. The second kappa shape index (κ2) is 9.47. The van der Waals surface area contributed by atoms with Gasteiger partial charge in [-0.25, -0.2) is 4.79 Å². The molecule has 0 fully saturated rings. The average molecular weight is 339 g/mol. The minimum absolute atomic E-state index is 0.116. The van der Waals surface area contributed by atoms with Crippen molar-refractivity contribution >= 4 is 17.6 Å². The minimum Gasteiger partial charge on any atom is -0.352 e. The van der Waals surface area contributed by atoms with Crippen LogP contribution in [-0.4, -0.2) is 11.9 Å². The van der Waals surface area contributed by atoms with Gasteiger partial charge in [0, 0.05) is 5.69 Å². The standard InChI is InChI=1S/C20H25N3O2/c1-2-3-7-15-10-12-17(13-11-15)22-19(24)14-18(23-20(21)25)16-8-5-4-6-9-16/h4-6,8-13,18H,2-3,7,14H2,1H3,(H,22,24)(H3,21,23,25). The third kappa shape index (κ3) is 6.30. The van der Waals surface area contributed by atoms with Gasteiger partial charge in [-0.1, -0.05) is 55.8 Å². The Bertz CT molecular complexity index is 684. The van der Waals surface area contributed by atoms with Gasteiger partial charge >= 0.3 is 6.03 Å². The van der Waals surface area contributed by atoms with E-state index in [1.54, 1.807) is 0 Å². The summed E-state index contributed by atoms with van der Waals surface area (Å²) in [6, 6.07) is 16.1. The summed E-state index contributed by atoms with van der Waals surface area (Å²) in [5.74, 6) is -0.177. The maximum Gasteiger partial charge on any atom is 0.312 e. The van der Waals surface area contributed by atoms with E-state index in [4.69, 9.17) is 5.73 Å². The number of carbonyl (C=O) groups is 2. The molecule has 5 nitrogen and oxygen atoms in total. The van der Waals surface area contributed by atoms with Crippen LogP contribution in [0, 0.1) is 0 Å². The number of primary amides is 1. The number of nitrogens with one attached hydrogen (secondary N) is 2. The molecule has 3 amide bonds. The molecule has 25 heavy (non-hydrogen) atoms. The molecule has 2 aromatic rings. The first-order valence-corrected chi connectivity index (χ1v) is 8.58. The summed E-state index contributed by atoms with van der Waals surface area (Å²) in [6.07, 6.45) is 3.48. The van der Waals surface area contributed by atoms with E-state index in [1.807, 2.05) is 54.6 Å². The van der Waals surface area contributed by atoms with Crippen LogP contribution in [-0.2, 0) is 11.2 Å². The van der Waals surface area contributed by atoms with Gasteiger partial charge in [-0.05, 0) is 36.1 Å². The molecule has 2 rings (SSSR count). The maximum absolute atomic E-state index is 12.3. The zero-order valence-electron chi connectivity index (χ0n) is 14.5. The van der Waals surface area contributed by atoms with Crippen molar-refractivity contribution in [1.29, 1.82) is 0 Å². The highest BCUT2D eigenvalue weighted by Crippen LogP contribution is 2.18. The Morgan fingerprint density at radius 1 is 1.04 bits per heavy atom. The molecule has 1 atom stereocenters. The highest BCUT2D eigenvalue weighted by atomic mass is 16.2. The lowest BCUT2D eigenvalue weighted by molar-refractivity contribution is -0.116. The van der Waals surface area contributed by atoms with Crippen molar-refractivity contribution in [3.63, 3.8) is 0 Å². The predicted molar refractivity (Wildman–Crippen MR) is 100 cm³/mol. The Labute approximate surface area is 148 Å². The number of rotatable bonds is 8. The van der Waals surface area contributed by atoms with Crippen molar-refractivity contribution in [3.05, 3.63) is 65.7 Å². The van der Waals surface area contributed by atoms with Gasteiger partial charge in [0.1, 0.15) is 0 Å². The molecule has 0 heterocycles. The molecule has 132 valence electrons. The fourth-order valence-corrected chi connectivity index (χ4v) is 2.64. The van der Waals surface area contributed by atoms with Crippen molar-refractivity contribution in [1.82, 2.24) is 5.32 Å². The number of anilines is 1. The van der Waals surface area contributed by atoms with E-state index >= 15 is 0 Å². The SMILES string of the molecule is CCCCc1ccc(NC(=O)CC(NC(N)=O)c2ccccc2)cc1. The van der Waals surface area contributed by atoms with Crippen LogP contribution in [0.2, 0.25) is 0 Å². The Kier molecular flexibility index (Phi) is 7.01. The van der Waals surface area contributed by atoms with Crippen molar-refractivity contribution in [3.8, 4) is 0 Å². The van der Waals surface area contributed by atoms with Crippen LogP contribution in [0.3, 0.4) is 0 Å². The van der Waals surface area contributed by atoms with Crippen LogP contribution in [0.4, 0.5) is 10.5 Å². The smallest absolute Gasteiger partial charge is 0.312 e. The van der Waals surface area contributed by atoms with Crippen LogP contribution in [0.1, 0.15) is 43.4 Å². The van der Waals surface area contributed by atoms with Crippen LogP contribution in [0.5, 0.6) is 0 Å². The fourth-order valence-electron chi connectivity index (χ4n) is 2.64. The molecular weight excluding hydrogens is 314 g/mol. The first-order chi connectivity index (χ1) is 12.1. The van der Waals surface area contributed by atoms with Gasteiger partial charge in [-0.2, -0.15) is 0 Å². The molecule has 0 spiro atoms.